The van der Waals surface area contributed by atoms with Crippen LogP contribution >= 0.6 is 0 Å². The van der Waals surface area contributed by atoms with E-state index in [0.29, 0.717) is 18.1 Å². The zero-order chi connectivity index (χ0) is 15.4. The fraction of sp³-hybridized carbons (Fsp3) is 0.529. The Morgan fingerprint density at radius 2 is 2.05 bits per heavy atom. The summed E-state index contributed by atoms with van der Waals surface area (Å²) in [4.78, 5) is 4.48. The average Bonchev–Trinajstić information content (AvgIpc) is 2.47. The summed E-state index contributed by atoms with van der Waals surface area (Å²) in [5.41, 5.74) is 1.53. The highest BCUT2D eigenvalue weighted by molar-refractivity contribution is 5.81. The summed E-state index contributed by atoms with van der Waals surface area (Å²) in [6.45, 7) is 8.68. The summed E-state index contributed by atoms with van der Waals surface area (Å²) in [6.07, 6.45) is 3.41. The fourth-order valence-corrected chi connectivity index (χ4v) is 2.35. The van der Waals surface area contributed by atoms with E-state index in [1.54, 1.807) is 0 Å². The SMILES string of the molecule is CCCCCOc1ccc2nc(C(C)C)[n+]([O-])c(C)c2c1. The summed E-state index contributed by atoms with van der Waals surface area (Å²) in [7, 11) is 0. The first-order chi connectivity index (χ1) is 10.0. The van der Waals surface area contributed by atoms with Crippen LogP contribution < -0.4 is 9.47 Å². The summed E-state index contributed by atoms with van der Waals surface area (Å²) in [6, 6.07) is 5.78. The molecule has 0 saturated carbocycles. The largest absolute Gasteiger partial charge is 0.711 e. The Balaban J connectivity index is 2.31. The highest BCUT2D eigenvalue weighted by atomic mass is 16.5. The van der Waals surface area contributed by atoms with Crippen molar-refractivity contribution in [2.75, 3.05) is 6.61 Å². The smallest absolute Gasteiger partial charge is 0.304 e. The minimum Gasteiger partial charge on any atom is -0.711 e. The molecule has 0 spiro atoms. The summed E-state index contributed by atoms with van der Waals surface area (Å²) in [5.74, 6) is 1.48. The van der Waals surface area contributed by atoms with Crippen molar-refractivity contribution < 1.29 is 9.47 Å². The van der Waals surface area contributed by atoms with Crippen molar-refractivity contribution in [1.29, 1.82) is 0 Å². The number of ether oxygens (including phenoxy) is 1. The van der Waals surface area contributed by atoms with Crippen LogP contribution in [-0.4, -0.2) is 11.6 Å². The number of aromatic nitrogens is 2. The molecular formula is C17H24N2O2. The molecule has 2 rings (SSSR count). The van der Waals surface area contributed by atoms with Gasteiger partial charge in [0.1, 0.15) is 11.4 Å². The van der Waals surface area contributed by atoms with E-state index in [2.05, 4.69) is 11.9 Å². The van der Waals surface area contributed by atoms with Crippen molar-refractivity contribution in [3.8, 4) is 5.75 Å². The number of rotatable bonds is 6. The average molecular weight is 288 g/mol. The molecule has 0 unspecified atom stereocenters. The van der Waals surface area contributed by atoms with Crippen LogP contribution in [0, 0.1) is 12.1 Å². The van der Waals surface area contributed by atoms with Gasteiger partial charge in [0.05, 0.1) is 17.9 Å². The van der Waals surface area contributed by atoms with Gasteiger partial charge in [-0.1, -0.05) is 33.6 Å². The zero-order valence-electron chi connectivity index (χ0n) is 13.3. The molecule has 21 heavy (non-hydrogen) atoms. The number of nitrogens with zero attached hydrogens (tertiary/aromatic N) is 2. The van der Waals surface area contributed by atoms with Crippen LogP contribution in [-0.2, 0) is 0 Å². The predicted molar refractivity (Wildman–Crippen MR) is 84.5 cm³/mol. The van der Waals surface area contributed by atoms with Gasteiger partial charge in [0.15, 0.2) is 5.52 Å². The molecular weight excluding hydrogens is 264 g/mol. The molecule has 0 aliphatic carbocycles. The Morgan fingerprint density at radius 1 is 1.29 bits per heavy atom. The van der Waals surface area contributed by atoms with Crippen molar-refractivity contribution in [2.24, 2.45) is 0 Å². The Hall–Kier alpha value is -1.84. The molecule has 1 aromatic carbocycles. The van der Waals surface area contributed by atoms with E-state index < -0.39 is 0 Å². The van der Waals surface area contributed by atoms with Crippen LogP contribution in [0.4, 0.5) is 0 Å². The number of benzene rings is 1. The van der Waals surface area contributed by atoms with E-state index in [1.165, 1.54) is 12.8 Å². The van der Waals surface area contributed by atoms with Crippen LogP contribution in [0.3, 0.4) is 0 Å². The van der Waals surface area contributed by atoms with Gasteiger partial charge in [0, 0.05) is 0 Å². The van der Waals surface area contributed by atoms with Gasteiger partial charge in [-0.3, -0.25) is 0 Å². The lowest BCUT2D eigenvalue weighted by Gasteiger charge is -2.14. The van der Waals surface area contributed by atoms with Crippen LogP contribution in [0.15, 0.2) is 18.2 Å². The predicted octanol–water partition coefficient (Wildman–Crippen LogP) is 3.87. The quantitative estimate of drug-likeness (QED) is 0.460. The number of hydrogen-bond donors (Lipinski definition) is 0. The number of hydrogen-bond acceptors (Lipinski definition) is 3. The second-order valence-corrected chi connectivity index (χ2v) is 5.74. The van der Waals surface area contributed by atoms with Crippen LogP contribution in [0.25, 0.3) is 10.9 Å². The Bertz CT molecular complexity index is 624. The number of aryl methyl sites for hydroxylation is 1. The van der Waals surface area contributed by atoms with Gasteiger partial charge in [0.2, 0.25) is 0 Å². The van der Waals surface area contributed by atoms with Gasteiger partial charge in [-0.05, 0) is 36.5 Å². The minimum absolute atomic E-state index is 0.107. The molecule has 0 radical (unpaired) electrons. The number of fused-ring (bicyclic) bond motifs is 1. The maximum absolute atomic E-state index is 12.2. The Labute approximate surface area is 126 Å². The third-order valence-electron chi connectivity index (χ3n) is 3.64. The maximum atomic E-state index is 12.2. The highest BCUT2D eigenvalue weighted by Crippen LogP contribution is 2.23. The van der Waals surface area contributed by atoms with Gasteiger partial charge in [-0.2, -0.15) is 0 Å². The third-order valence-corrected chi connectivity index (χ3v) is 3.64. The van der Waals surface area contributed by atoms with E-state index >= 15 is 0 Å². The minimum atomic E-state index is 0.107. The molecule has 0 aliphatic rings. The molecule has 114 valence electrons. The normalized spacial score (nSPS) is 11.3. The van der Waals surface area contributed by atoms with E-state index in [4.69, 9.17) is 4.74 Å². The molecule has 1 aromatic heterocycles. The van der Waals surface area contributed by atoms with Crippen LogP contribution in [0.5, 0.6) is 5.75 Å². The summed E-state index contributed by atoms with van der Waals surface area (Å²) in [5, 5.41) is 13.1. The summed E-state index contributed by atoms with van der Waals surface area (Å²) < 4.78 is 6.69. The first-order valence-electron chi connectivity index (χ1n) is 7.71. The van der Waals surface area contributed by atoms with E-state index in [9.17, 15) is 5.21 Å². The molecule has 4 heteroatoms. The lowest BCUT2D eigenvalue weighted by molar-refractivity contribution is -0.623. The van der Waals surface area contributed by atoms with Crippen molar-refractivity contribution in [2.45, 2.75) is 52.9 Å². The Kier molecular flexibility index (Phi) is 4.99. The van der Waals surface area contributed by atoms with Crippen LogP contribution in [0.1, 0.15) is 57.5 Å². The molecule has 0 saturated heterocycles. The summed E-state index contributed by atoms with van der Waals surface area (Å²) >= 11 is 0. The van der Waals surface area contributed by atoms with Crippen LogP contribution in [0.2, 0.25) is 0 Å². The monoisotopic (exact) mass is 288 g/mol. The van der Waals surface area contributed by atoms with Gasteiger partial charge in [-0.15, -0.1) is 0 Å². The molecule has 0 aliphatic heterocycles. The first kappa shape index (κ1) is 15.5. The fourth-order valence-electron chi connectivity index (χ4n) is 2.35. The van der Waals surface area contributed by atoms with Crippen molar-refractivity contribution in [3.63, 3.8) is 0 Å². The molecule has 1 heterocycles. The lowest BCUT2D eigenvalue weighted by Crippen LogP contribution is -2.37. The molecule has 2 aromatic rings. The van der Waals surface area contributed by atoms with E-state index in [0.717, 1.165) is 27.8 Å². The molecule has 4 nitrogen and oxygen atoms in total. The van der Waals surface area contributed by atoms with Crippen molar-refractivity contribution in [1.82, 2.24) is 4.98 Å². The Morgan fingerprint density at radius 3 is 2.71 bits per heavy atom. The van der Waals surface area contributed by atoms with E-state index in [1.807, 2.05) is 39.0 Å². The van der Waals surface area contributed by atoms with E-state index in [-0.39, 0.29) is 5.92 Å². The standard InChI is InChI=1S/C17H24N2O2/c1-5-6-7-10-21-14-8-9-16-15(11-14)13(4)19(20)17(18-16)12(2)3/h8-9,11-12H,5-7,10H2,1-4H3. The van der Waals surface area contributed by atoms with Gasteiger partial charge in [0.25, 0.3) is 0 Å². The van der Waals surface area contributed by atoms with Crippen molar-refractivity contribution in [3.05, 3.63) is 34.9 Å². The van der Waals surface area contributed by atoms with Gasteiger partial charge < -0.3 is 9.94 Å². The zero-order valence-corrected chi connectivity index (χ0v) is 13.3. The maximum Gasteiger partial charge on any atom is 0.304 e. The lowest BCUT2D eigenvalue weighted by atomic mass is 10.1. The van der Waals surface area contributed by atoms with Gasteiger partial charge in [-0.25, -0.2) is 4.73 Å². The topological polar surface area (TPSA) is 49.1 Å². The second-order valence-electron chi connectivity index (χ2n) is 5.74. The molecule has 0 N–H and O–H groups in total. The molecule has 0 amide bonds. The number of unbranched alkanes of at least 4 members (excludes halogenated alkanes) is 2. The van der Waals surface area contributed by atoms with Crippen molar-refractivity contribution >= 4 is 10.9 Å². The van der Waals surface area contributed by atoms with Gasteiger partial charge >= 0.3 is 5.82 Å². The second kappa shape index (κ2) is 6.74. The first-order valence-corrected chi connectivity index (χ1v) is 7.71. The third kappa shape index (κ3) is 3.43. The molecule has 0 atom stereocenters. The molecule has 0 bridgehead atoms. The molecule has 0 fully saturated rings. The highest BCUT2D eigenvalue weighted by Gasteiger charge is 2.18.